The van der Waals surface area contributed by atoms with Crippen LogP contribution in [-0.4, -0.2) is 22.2 Å². The zero-order valence-corrected chi connectivity index (χ0v) is 11.2. The summed E-state index contributed by atoms with van der Waals surface area (Å²) in [6, 6.07) is 1.65. The maximum Gasteiger partial charge on any atom is 0.490 e. The summed E-state index contributed by atoms with van der Waals surface area (Å²) >= 11 is 6.22. The Morgan fingerprint density at radius 3 is 2.56 bits per heavy atom. The van der Waals surface area contributed by atoms with E-state index in [1.54, 1.807) is 13.0 Å². The van der Waals surface area contributed by atoms with Crippen LogP contribution in [0.4, 0.5) is 0 Å². The minimum atomic E-state index is -1.50. The van der Waals surface area contributed by atoms with E-state index in [1.807, 2.05) is 0 Å². The minimum absolute atomic E-state index is 0.404. The van der Waals surface area contributed by atoms with Gasteiger partial charge in [-0.25, -0.2) is 0 Å². The lowest BCUT2D eigenvalue weighted by Gasteiger charge is -2.54. The van der Waals surface area contributed by atoms with Crippen molar-refractivity contribution >= 4 is 24.2 Å². The van der Waals surface area contributed by atoms with Crippen molar-refractivity contribution in [3.05, 3.63) is 22.5 Å². The molecule has 3 rings (SSSR count). The molecule has 2 aliphatic carbocycles. The molecule has 2 aliphatic rings. The molecule has 0 atom stereocenters. The monoisotopic (exact) mass is 265 g/mol. The molecule has 18 heavy (non-hydrogen) atoms. The fraction of sp³-hybridized carbons (Fsp3) is 0.615. The van der Waals surface area contributed by atoms with E-state index in [0.717, 1.165) is 5.69 Å². The Morgan fingerprint density at radius 2 is 2.06 bits per heavy atom. The number of aryl methyl sites for hydroxylation is 1. The van der Waals surface area contributed by atoms with Crippen molar-refractivity contribution in [1.29, 1.82) is 0 Å². The average molecular weight is 266 g/mol. The van der Waals surface area contributed by atoms with Gasteiger partial charge in [0.25, 0.3) is 0 Å². The van der Waals surface area contributed by atoms with Gasteiger partial charge in [0.15, 0.2) is 0 Å². The van der Waals surface area contributed by atoms with Gasteiger partial charge in [-0.05, 0) is 44.1 Å². The van der Waals surface area contributed by atoms with E-state index in [0.29, 0.717) is 27.5 Å². The maximum absolute atomic E-state index is 9.22. The minimum Gasteiger partial charge on any atom is -0.423 e. The normalized spacial score (nSPS) is 21.6. The predicted molar refractivity (Wildman–Crippen MR) is 72.1 cm³/mol. The highest BCUT2D eigenvalue weighted by Gasteiger charge is 2.49. The first kappa shape index (κ1) is 12.5. The molecule has 2 saturated carbocycles. The van der Waals surface area contributed by atoms with E-state index in [2.05, 4.69) is 4.98 Å². The highest BCUT2D eigenvalue weighted by molar-refractivity contribution is 6.59. The molecule has 5 heteroatoms. The fourth-order valence-corrected chi connectivity index (χ4v) is 3.74. The van der Waals surface area contributed by atoms with Gasteiger partial charge in [0.2, 0.25) is 0 Å². The highest BCUT2D eigenvalue weighted by atomic mass is 35.5. The van der Waals surface area contributed by atoms with Crippen LogP contribution in [0.15, 0.2) is 6.07 Å². The summed E-state index contributed by atoms with van der Waals surface area (Å²) in [5, 5.41) is 19.0. The van der Waals surface area contributed by atoms with Gasteiger partial charge in [-0.1, -0.05) is 18.0 Å². The second-order valence-corrected chi connectivity index (χ2v) is 6.27. The molecule has 96 valence electrons. The van der Waals surface area contributed by atoms with Crippen LogP contribution in [0.3, 0.4) is 0 Å². The number of halogens is 1. The standard InChI is InChI=1S/C13H17BClNO2/c1-8-10(14(17)18)5-11(15)12(16-8)9-6-13(7-9)3-2-4-13/h5,9,17-18H,2-4,6-7H2,1H3. The molecule has 1 spiro atoms. The maximum atomic E-state index is 9.22. The molecule has 1 heterocycles. The van der Waals surface area contributed by atoms with Crippen LogP contribution < -0.4 is 5.46 Å². The van der Waals surface area contributed by atoms with Crippen molar-refractivity contribution in [3.8, 4) is 0 Å². The first-order valence-corrected chi connectivity index (χ1v) is 6.92. The highest BCUT2D eigenvalue weighted by Crippen LogP contribution is 2.62. The van der Waals surface area contributed by atoms with Crippen molar-refractivity contribution in [2.24, 2.45) is 5.41 Å². The zero-order chi connectivity index (χ0) is 12.9. The Bertz CT molecular complexity index is 480. The predicted octanol–water partition coefficient (Wildman–Crippen LogP) is 1.77. The van der Waals surface area contributed by atoms with Crippen molar-refractivity contribution in [2.45, 2.75) is 44.9 Å². The molecule has 0 unspecified atom stereocenters. The lowest BCUT2D eigenvalue weighted by molar-refractivity contribution is 0.00762. The van der Waals surface area contributed by atoms with Gasteiger partial charge in [-0.15, -0.1) is 0 Å². The van der Waals surface area contributed by atoms with Gasteiger partial charge in [0.1, 0.15) is 0 Å². The first-order chi connectivity index (χ1) is 8.51. The van der Waals surface area contributed by atoms with Crippen LogP contribution >= 0.6 is 11.6 Å². The van der Waals surface area contributed by atoms with Crippen molar-refractivity contribution in [3.63, 3.8) is 0 Å². The zero-order valence-electron chi connectivity index (χ0n) is 10.5. The Hall–Kier alpha value is -0.575. The second-order valence-electron chi connectivity index (χ2n) is 5.86. The third-order valence-electron chi connectivity index (χ3n) is 4.67. The number of nitrogens with zero attached hydrogens (tertiary/aromatic N) is 1. The van der Waals surface area contributed by atoms with E-state index < -0.39 is 7.12 Å². The summed E-state index contributed by atoms with van der Waals surface area (Å²) in [6.45, 7) is 1.80. The number of aromatic nitrogens is 1. The van der Waals surface area contributed by atoms with Crippen molar-refractivity contribution < 1.29 is 10.0 Å². The fourth-order valence-electron chi connectivity index (χ4n) is 3.43. The topological polar surface area (TPSA) is 53.4 Å². The number of rotatable bonds is 2. The largest absolute Gasteiger partial charge is 0.490 e. The SMILES string of the molecule is Cc1nc(C2CC3(CCC3)C2)c(Cl)cc1B(O)O. The molecule has 0 radical (unpaired) electrons. The van der Waals surface area contributed by atoms with Crippen LogP contribution in [-0.2, 0) is 0 Å². The van der Waals surface area contributed by atoms with E-state index in [-0.39, 0.29) is 0 Å². The van der Waals surface area contributed by atoms with Crippen LogP contribution in [0.25, 0.3) is 0 Å². The van der Waals surface area contributed by atoms with Crippen molar-refractivity contribution in [1.82, 2.24) is 4.98 Å². The Morgan fingerprint density at radius 1 is 1.39 bits per heavy atom. The third kappa shape index (κ3) is 1.87. The van der Waals surface area contributed by atoms with Gasteiger partial charge in [0.05, 0.1) is 10.7 Å². The van der Waals surface area contributed by atoms with E-state index in [1.165, 1.54) is 32.1 Å². The molecule has 0 bridgehead atoms. The molecule has 2 fully saturated rings. The Balaban J connectivity index is 1.83. The average Bonchev–Trinajstić information content (AvgIpc) is 2.17. The molecule has 0 amide bonds. The van der Waals surface area contributed by atoms with Gasteiger partial charge in [-0.2, -0.15) is 0 Å². The lowest BCUT2D eigenvalue weighted by Crippen LogP contribution is -2.42. The van der Waals surface area contributed by atoms with E-state index in [4.69, 9.17) is 11.6 Å². The third-order valence-corrected chi connectivity index (χ3v) is 4.97. The van der Waals surface area contributed by atoms with E-state index >= 15 is 0 Å². The molecule has 2 N–H and O–H groups in total. The summed E-state index contributed by atoms with van der Waals surface area (Å²) in [5.74, 6) is 0.460. The summed E-state index contributed by atoms with van der Waals surface area (Å²) in [7, 11) is -1.50. The van der Waals surface area contributed by atoms with E-state index in [9.17, 15) is 10.0 Å². The molecule has 3 nitrogen and oxygen atoms in total. The summed E-state index contributed by atoms with van der Waals surface area (Å²) in [5.41, 5.74) is 2.61. The Labute approximate surface area is 112 Å². The van der Waals surface area contributed by atoms with Crippen LogP contribution in [0.2, 0.25) is 5.02 Å². The van der Waals surface area contributed by atoms with Crippen LogP contribution in [0.1, 0.15) is 49.4 Å². The lowest BCUT2D eigenvalue weighted by atomic mass is 9.51. The van der Waals surface area contributed by atoms with Crippen molar-refractivity contribution in [2.75, 3.05) is 0 Å². The molecule has 0 aliphatic heterocycles. The smallest absolute Gasteiger partial charge is 0.423 e. The molecular formula is C13H17BClNO2. The van der Waals surface area contributed by atoms with Gasteiger partial charge < -0.3 is 10.0 Å². The van der Waals surface area contributed by atoms with Crippen LogP contribution in [0, 0.1) is 12.3 Å². The summed E-state index contributed by atoms with van der Waals surface area (Å²) < 4.78 is 0. The van der Waals surface area contributed by atoms with Gasteiger partial charge in [-0.3, -0.25) is 4.98 Å². The molecule has 1 aromatic rings. The number of hydrogen-bond donors (Lipinski definition) is 2. The molecule has 0 saturated heterocycles. The van der Waals surface area contributed by atoms with Gasteiger partial charge in [0, 0.05) is 17.1 Å². The summed E-state index contributed by atoms with van der Waals surface area (Å²) in [6.07, 6.45) is 6.46. The molecular weight excluding hydrogens is 248 g/mol. The first-order valence-electron chi connectivity index (χ1n) is 6.54. The second kappa shape index (κ2) is 4.22. The Kier molecular flexibility index (Phi) is 2.92. The molecule has 0 aromatic carbocycles. The van der Waals surface area contributed by atoms with Crippen LogP contribution in [0.5, 0.6) is 0 Å². The number of hydrogen-bond acceptors (Lipinski definition) is 3. The summed E-state index contributed by atoms with van der Waals surface area (Å²) in [4.78, 5) is 4.49. The quantitative estimate of drug-likeness (QED) is 0.802. The van der Waals surface area contributed by atoms with Gasteiger partial charge >= 0.3 is 7.12 Å². The molecule has 1 aromatic heterocycles. The number of pyridine rings is 1.